The SMILES string of the molecule is COC(=O)c1nc(NC(=O)c2nc(NC(C)=O)sc2C(C)C)sc1CCc1ccccc1. The van der Waals surface area contributed by atoms with Crippen LogP contribution in [-0.4, -0.2) is 34.9 Å². The topological polar surface area (TPSA) is 110 Å². The van der Waals surface area contributed by atoms with Crippen molar-refractivity contribution in [3.05, 3.63) is 57.0 Å². The van der Waals surface area contributed by atoms with E-state index in [9.17, 15) is 14.4 Å². The Morgan fingerprint density at radius 3 is 2.25 bits per heavy atom. The number of carbonyl (C=O) groups excluding carboxylic acids is 3. The second-order valence-electron chi connectivity index (χ2n) is 7.29. The van der Waals surface area contributed by atoms with Gasteiger partial charge in [-0.05, 0) is 24.3 Å². The van der Waals surface area contributed by atoms with Crippen LogP contribution in [0.15, 0.2) is 30.3 Å². The Labute approximate surface area is 194 Å². The lowest BCUT2D eigenvalue weighted by atomic mass is 10.1. The molecule has 8 nitrogen and oxygen atoms in total. The highest BCUT2D eigenvalue weighted by atomic mass is 32.1. The van der Waals surface area contributed by atoms with Gasteiger partial charge >= 0.3 is 5.97 Å². The molecule has 3 aromatic rings. The summed E-state index contributed by atoms with van der Waals surface area (Å²) in [6.07, 6.45) is 1.31. The first-order valence-electron chi connectivity index (χ1n) is 10.00. The van der Waals surface area contributed by atoms with Crippen molar-refractivity contribution in [1.29, 1.82) is 0 Å². The first-order chi connectivity index (χ1) is 15.3. The van der Waals surface area contributed by atoms with E-state index in [1.54, 1.807) is 0 Å². The molecule has 0 aliphatic carbocycles. The molecule has 0 bridgehead atoms. The van der Waals surface area contributed by atoms with Crippen LogP contribution in [0.1, 0.15) is 63.0 Å². The highest BCUT2D eigenvalue weighted by Gasteiger charge is 2.24. The molecule has 0 unspecified atom stereocenters. The number of anilines is 2. The van der Waals surface area contributed by atoms with Crippen LogP contribution in [0.25, 0.3) is 0 Å². The molecule has 32 heavy (non-hydrogen) atoms. The van der Waals surface area contributed by atoms with Gasteiger partial charge in [-0.15, -0.1) is 22.7 Å². The Morgan fingerprint density at radius 2 is 1.62 bits per heavy atom. The van der Waals surface area contributed by atoms with Crippen molar-refractivity contribution in [3.63, 3.8) is 0 Å². The Kier molecular flexibility index (Phi) is 7.70. The van der Waals surface area contributed by atoms with Crippen molar-refractivity contribution in [2.45, 2.75) is 39.5 Å². The maximum absolute atomic E-state index is 12.9. The predicted octanol–water partition coefficient (Wildman–Crippen LogP) is 4.51. The van der Waals surface area contributed by atoms with Gasteiger partial charge in [0, 0.05) is 16.7 Å². The van der Waals surface area contributed by atoms with Gasteiger partial charge in [-0.3, -0.25) is 14.9 Å². The van der Waals surface area contributed by atoms with E-state index < -0.39 is 11.9 Å². The summed E-state index contributed by atoms with van der Waals surface area (Å²) >= 11 is 2.50. The van der Waals surface area contributed by atoms with Gasteiger partial charge in [0.15, 0.2) is 16.0 Å². The fourth-order valence-corrected chi connectivity index (χ4v) is 4.93. The van der Waals surface area contributed by atoms with Gasteiger partial charge in [-0.25, -0.2) is 14.8 Å². The van der Waals surface area contributed by atoms with E-state index in [0.717, 1.165) is 21.7 Å². The van der Waals surface area contributed by atoms with Crippen molar-refractivity contribution < 1.29 is 19.1 Å². The van der Waals surface area contributed by atoms with Gasteiger partial charge in [0.1, 0.15) is 5.69 Å². The normalized spacial score (nSPS) is 10.8. The molecule has 2 N–H and O–H groups in total. The minimum atomic E-state index is -0.547. The standard InChI is InChI=1S/C22H24N4O4S2/c1-12(2)18-17(25-21(32-18)23-13(3)27)19(28)26-22-24-16(20(29)30-4)15(31-22)11-10-14-8-6-5-7-9-14/h5-9,12H,10-11H2,1-4H3,(H,23,25,27)(H,24,26,28). The summed E-state index contributed by atoms with van der Waals surface area (Å²) in [5.41, 5.74) is 1.57. The molecule has 0 atom stereocenters. The lowest BCUT2D eigenvalue weighted by Gasteiger charge is -2.04. The molecule has 0 spiro atoms. The van der Waals surface area contributed by atoms with E-state index in [2.05, 4.69) is 20.6 Å². The van der Waals surface area contributed by atoms with E-state index in [0.29, 0.717) is 16.7 Å². The first kappa shape index (κ1) is 23.6. The van der Waals surface area contributed by atoms with E-state index in [1.165, 1.54) is 36.7 Å². The quantitative estimate of drug-likeness (QED) is 0.467. The maximum Gasteiger partial charge on any atom is 0.357 e. The van der Waals surface area contributed by atoms with Crippen LogP contribution in [0.4, 0.5) is 10.3 Å². The van der Waals surface area contributed by atoms with Gasteiger partial charge in [0.05, 0.1) is 7.11 Å². The van der Waals surface area contributed by atoms with Crippen LogP contribution >= 0.6 is 22.7 Å². The minimum absolute atomic E-state index is 0.0408. The molecule has 0 fully saturated rings. The molecule has 0 saturated heterocycles. The molecule has 0 radical (unpaired) electrons. The number of aromatic nitrogens is 2. The number of aryl methyl sites for hydroxylation is 2. The Morgan fingerprint density at radius 1 is 0.969 bits per heavy atom. The third-order valence-electron chi connectivity index (χ3n) is 4.46. The molecular formula is C22H24N4O4S2. The number of nitrogens with zero attached hydrogens (tertiary/aromatic N) is 2. The summed E-state index contributed by atoms with van der Waals surface area (Å²) in [6.45, 7) is 5.28. The number of carbonyl (C=O) groups is 3. The minimum Gasteiger partial charge on any atom is -0.464 e. The number of thiazole rings is 2. The molecule has 168 valence electrons. The zero-order valence-corrected chi connectivity index (χ0v) is 19.9. The summed E-state index contributed by atoms with van der Waals surface area (Å²) in [4.78, 5) is 46.6. The molecule has 0 aliphatic rings. The van der Waals surface area contributed by atoms with Crippen molar-refractivity contribution in [3.8, 4) is 0 Å². The predicted molar refractivity (Wildman–Crippen MR) is 126 cm³/mol. The Bertz CT molecular complexity index is 1120. The summed E-state index contributed by atoms with van der Waals surface area (Å²) < 4.78 is 4.86. The van der Waals surface area contributed by atoms with E-state index in [-0.39, 0.29) is 23.2 Å². The fourth-order valence-electron chi connectivity index (χ4n) is 2.98. The van der Waals surface area contributed by atoms with Gasteiger partial charge in [0.25, 0.3) is 5.91 Å². The van der Waals surface area contributed by atoms with Gasteiger partial charge in [-0.2, -0.15) is 0 Å². The lowest BCUT2D eigenvalue weighted by Crippen LogP contribution is -2.15. The van der Waals surface area contributed by atoms with Crippen molar-refractivity contribution >= 4 is 50.7 Å². The van der Waals surface area contributed by atoms with Crippen molar-refractivity contribution in [2.75, 3.05) is 17.7 Å². The molecule has 3 rings (SSSR count). The third kappa shape index (κ3) is 5.77. The first-order valence-corrected chi connectivity index (χ1v) is 11.6. The second-order valence-corrected chi connectivity index (χ2v) is 9.40. The number of hydrogen-bond donors (Lipinski definition) is 2. The number of rotatable bonds is 8. The number of benzene rings is 1. The molecule has 0 saturated carbocycles. The van der Waals surface area contributed by atoms with E-state index >= 15 is 0 Å². The van der Waals surface area contributed by atoms with E-state index in [1.807, 2.05) is 44.2 Å². The zero-order valence-electron chi connectivity index (χ0n) is 18.2. The second kappa shape index (κ2) is 10.5. The largest absolute Gasteiger partial charge is 0.464 e. The number of hydrogen-bond acceptors (Lipinski definition) is 8. The molecule has 2 amide bonds. The zero-order chi connectivity index (χ0) is 23.3. The molecule has 2 heterocycles. The van der Waals surface area contributed by atoms with Gasteiger partial charge in [0.2, 0.25) is 5.91 Å². The third-order valence-corrected chi connectivity index (χ3v) is 6.76. The van der Waals surface area contributed by atoms with E-state index in [4.69, 9.17) is 4.74 Å². The number of amides is 2. The highest BCUT2D eigenvalue weighted by molar-refractivity contribution is 7.16. The molecule has 1 aromatic carbocycles. The van der Waals surface area contributed by atoms with Crippen LogP contribution < -0.4 is 10.6 Å². The number of nitrogens with one attached hydrogen (secondary N) is 2. The van der Waals surface area contributed by atoms with Crippen LogP contribution in [0.5, 0.6) is 0 Å². The van der Waals surface area contributed by atoms with Crippen molar-refractivity contribution in [2.24, 2.45) is 0 Å². The number of methoxy groups -OCH3 is 1. The monoisotopic (exact) mass is 472 g/mol. The maximum atomic E-state index is 12.9. The van der Waals surface area contributed by atoms with Gasteiger partial charge in [-0.1, -0.05) is 44.2 Å². The van der Waals surface area contributed by atoms with Crippen molar-refractivity contribution in [1.82, 2.24) is 9.97 Å². The van der Waals surface area contributed by atoms with Gasteiger partial charge < -0.3 is 10.1 Å². The number of ether oxygens (including phenoxy) is 1. The summed E-state index contributed by atoms with van der Waals surface area (Å²) in [5.74, 6) is -1.21. The molecular weight excluding hydrogens is 448 g/mol. The Balaban J connectivity index is 1.83. The molecule has 2 aromatic heterocycles. The van der Waals surface area contributed by atoms with Crippen LogP contribution in [0.2, 0.25) is 0 Å². The fraction of sp³-hybridized carbons (Fsp3) is 0.318. The summed E-state index contributed by atoms with van der Waals surface area (Å²) in [7, 11) is 1.30. The molecule has 10 heteroatoms. The average molecular weight is 473 g/mol. The summed E-state index contributed by atoms with van der Waals surface area (Å²) in [6, 6.07) is 9.91. The van der Waals surface area contributed by atoms with Crippen LogP contribution in [-0.2, 0) is 22.4 Å². The summed E-state index contributed by atoms with van der Waals surface area (Å²) in [5, 5.41) is 6.03. The highest BCUT2D eigenvalue weighted by Crippen LogP contribution is 2.31. The van der Waals surface area contributed by atoms with Crippen LogP contribution in [0, 0.1) is 0 Å². The average Bonchev–Trinajstić information content (AvgIpc) is 3.36. The lowest BCUT2D eigenvalue weighted by molar-refractivity contribution is -0.114. The Hall–Kier alpha value is -3.11. The van der Waals surface area contributed by atoms with Crippen LogP contribution in [0.3, 0.4) is 0 Å². The smallest absolute Gasteiger partial charge is 0.357 e. The number of esters is 1. The molecule has 0 aliphatic heterocycles.